The average Bonchev–Trinajstić information content (AvgIpc) is 2.63. The highest BCUT2D eigenvalue weighted by atomic mass is 35.5. The van der Waals surface area contributed by atoms with Crippen molar-refractivity contribution in [1.29, 1.82) is 0 Å². The number of hydrogen-bond acceptors (Lipinski definition) is 5. The molecule has 26 heavy (non-hydrogen) atoms. The number of amides is 1. The third-order valence-electron chi connectivity index (χ3n) is 3.81. The van der Waals surface area contributed by atoms with Crippen LogP contribution in [-0.2, 0) is 27.2 Å². The standard InChI is InChI=1S/C19H22N2O4.ClH/c1-25-19(24)17(12-13-5-3-2-4-6-13)21-18(23)16(20)11-14-7-9-15(22)10-8-14;/h2-10,16-17,22H,11-12,20H2,1H3,(H,21,23);1H/t16-,17-;/m0./s1. The second-order valence-electron chi connectivity index (χ2n) is 5.75. The Bertz CT molecular complexity index is 707. The van der Waals surface area contributed by atoms with Gasteiger partial charge in [-0.25, -0.2) is 4.79 Å². The van der Waals surface area contributed by atoms with Crippen molar-refractivity contribution in [2.24, 2.45) is 5.73 Å². The first-order valence-electron chi connectivity index (χ1n) is 7.95. The minimum atomic E-state index is -0.813. The lowest BCUT2D eigenvalue weighted by Crippen LogP contribution is -2.50. The van der Waals surface area contributed by atoms with Gasteiger partial charge in [-0.1, -0.05) is 42.5 Å². The molecule has 1 amide bonds. The number of esters is 1. The summed E-state index contributed by atoms with van der Waals surface area (Å²) in [5, 5.41) is 11.9. The molecule has 0 bridgehead atoms. The van der Waals surface area contributed by atoms with E-state index in [2.05, 4.69) is 5.32 Å². The van der Waals surface area contributed by atoms with Crippen LogP contribution in [0, 0.1) is 0 Å². The number of nitrogens with one attached hydrogen (secondary N) is 1. The van der Waals surface area contributed by atoms with Crippen molar-refractivity contribution in [3.8, 4) is 5.75 Å². The molecule has 2 aromatic rings. The molecular formula is C19H23ClN2O4. The lowest BCUT2D eigenvalue weighted by Gasteiger charge is -2.19. The lowest BCUT2D eigenvalue weighted by atomic mass is 10.0. The average molecular weight is 379 g/mol. The third-order valence-corrected chi connectivity index (χ3v) is 3.81. The van der Waals surface area contributed by atoms with Crippen LogP contribution in [0.25, 0.3) is 0 Å². The molecule has 6 nitrogen and oxygen atoms in total. The number of aromatic hydroxyl groups is 1. The van der Waals surface area contributed by atoms with Gasteiger partial charge in [0.25, 0.3) is 0 Å². The Morgan fingerprint density at radius 1 is 1.04 bits per heavy atom. The summed E-state index contributed by atoms with van der Waals surface area (Å²) in [6, 6.07) is 14.2. The van der Waals surface area contributed by atoms with Gasteiger partial charge in [-0.15, -0.1) is 12.4 Å². The molecule has 0 aromatic heterocycles. The van der Waals surface area contributed by atoms with Gasteiger partial charge in [-0.2, -0.15) is 0 Å². The summed E-state index contributed by atoms with van der Waals surface area (Å²) < 4.78 is 4.77. The summed E-state index contributed by atoms with van der Waals surface area (Å²) in [6.45, 7) is 0. The number of carbonyl (C=O) groups excluding carboxylic acids is 2. The van der Waals surface area contributed by atoms with E-state index in [1.54, 1.807) is 12.1 Å². The molecule has 0 spiro atoms. The highest BCUT2D eigenvalue weighted by molar-refractivity contribution is 5.87. The van der Waals surface area contributed by atoms with E-state index in [-0.39, 0.29) is 18.2 Å². The van der Waals surface area contributed by atoms with E-state index < -0.39 is 24.0 Å². The summed E-state index contributed by atoms with van der Waals surface area (Å²) >= 11 is 0. The zero-order valence-electron chi connectivity index (χ0n) is 14.4. The Balaban J connectivity index is 0.00000338. The number of methoxy groups -OCH3 is 1. The summed E-state index contributed by atoms with van der Waals surface area (Å²) in [7, 11) is 1.28. The molecule has 0 aliphatic heterocycles. The van der Waals surface area contributed by atoms with Gasteiger partial charge in [0.1, 0.15) is 11.8 Å². The fourth-order valence-electron chi connectivity index (χ4n) is 2.44. The van der Waals surface area contributed by atoms with Crippen molar-refractivity contribution in [3.05, 3.63) is 65.7 Å². The molecule has 0 saturated heterocycles. The number of ether oxygens (including phenoxy) is 1. The SMILES string of the molecule is COC(=O)[C@H](Cc1ccccc1)NC(=O)[C@@H](N)Cc1ccc(O)cc1.Cl. The summed E-state index contributed by atoms with van der Waals surface area (Å²) in [4.78, 5) is 24.3. The summed E-state index contributed by atoms with van der Waals surface area (Å²) in [5.41, 5.74) is 7.67. The van der Waals surface area contributed by atoms with Crippen LogP contribution in [0.3, 0.4) is 0 Å². The van der Waals surface area contributed by atoms with Crippen LogP contribution in [0.15, 0.2) is 54.6 Å². The van der Waals surface area contributed by atoms with Gasteiger partial charge in [-0.3, -0.25) is 4.79 Å². The first-order valence-corrected chi connectivity index (χ1v) is 7.95. The van der Waals surface area contributed by atoms with E-state index in [1.807, 2.05) is 30.3 Å². The second kappa shape index (κ2) is 10.4. The van der Waals surface area contributed by atoms with Crippen molar-refractivity contribution in [1.82, 2.24) is 5.32 Å². The highest BCUT2D eigenvalue weighted by Crippen LogP contribution is 2.11. The van der Waals surface area contributed by atoms with Crippen molar-refractivity contribution in [3.63, 3.8) is 0 Å². The normalized spacial score (nSPS) is 12.4. The highest BCUT2D eigenvalue weighted by Gasteiger charge is 2.24. The molecule has 0 heterocycles. The number of hydrogen-bond donors (Lipinski definition) is 3. The van der Waals surface area contributed by atoms with E-state index in [0.717, 1.165) is 11.1 Å². The number of carbonyl (C=O) groups is 2. The van der Waals surface area contributed by atoms with Crippen LogP contribution in [0.1, 0.15) is 11.1 Å². The van der Waals surface area contributed by atoms with Gasteiger partial charge in [0.15, 0.2) is 0 Å². The largest absolute Gasteiger partial charge is 0.508 e. The van der Waals surface area contributed by atoms with Gasteiger partial charge in [0, 0.05) is 6.42 Å². The van der Waals surface area contributed by atoms with E-state index in [1.165, 1.54) is 19.2 Å². The van der Waals surface area contributed by atoms with Gasteiger partial charge in [0.05, 0.1) is 13.2 Å². The van der Waals surface area contributed by atoms with Crippen LogP contribution in [-0.4, -0.2) is 36.2 Å². The van der Waals surface area contributed by atoms with Crippen LogP contribution in [0.2, 0.25) is 0 Å². The maximum Gasteiger partial charge on any atom is 0.328 e. The van der Waals surface area contributed by atoms with Crippen molar-refractivity contribution in [2.75, 3.05) is 7.11 Å². The Morgan fingerprint density at radius 2 is 1.62 bits per heavy atom. The molecule has 4 N–H and O–H groups in total. The number of benzene rings is 2. The molecule has 2 atom stereocenters. The van der Waals surface area contributed by atoms with E-state index in [4.69, 9.17) is 10.5 Å². The maximum absolute atomic E-state index is 12.3. The number of rotatable bonds is 7. The third kappa shape index (κ3) is 6.38. The predicted molar refractivity (Wildman–Crippen MR) is 101 cm³/mol. The van der Waals surface area contributed by atoms with Crippen LogP contribution < -0.4 is 11.1 Å². The number of nitrogens with two attached hydrogens (primary N) is 1. The van der Waals surface area contributed by atoms with E-state index in [9.17, 15) is 14.7 Å². The van der Waals surface area contributed by atoms with Crippen molar-refractivity contribution >= 4 is 24.3 Å². The molecule has 2 rings (SSSR count). The molecule has 2 aromatic carbocycles. The first kappa shape index (κ1) is 21.5. The molecule has 140 valence electrons. The van der Waals surface area contributed by atoms with Crippen LogP contribution >= 0.6 is 12.4 Å². The first-order chi connectivity index (χ1) is 12.0. The fourth-order valence-corrected chi connectivity index (χ4v) is 2.44. The molecule has 0 fully saturated rings. The molecule has 0 saturated carbocycles. The molecular weight excluding hydrogens is 356 g/mol. The Hall–Kier alpha value is -2.57. The zero-order chi connectivity index (χ0) is 18.2. The number of phenolic OH excluding ortho intramolecular Hbond substituents is 1. The minimum Gasteiger partial charge on any atom is -0.508 e. The van der Waals surface area contributed by atoms with Crippen LogP contribution in [0.4, 0.5) is 0 Å². The molecule has 0 unspecified atom stereocenters. The molecule has 0 aliphatic rings. The molecule has 0 radical (unpaired) electrons. The summed E-state index contributed by atoms with van der Waals surface area (Å²) in [6.07, 6.45) is 0.622. The number of phenols is 1. The topological polar surface area (TPSA) is 102 Å². The molecule has 0 aliphatic carbocycles. The molecule has 7 heteroatoms. The lowest BCUT2D eigenvalue weighted by molar-refractivity contribution is -0.145. The Labute approximate surface area is 158 Å². The van der Waals surface area contributed by atoms with E-state index >= 15 is 0 Å². The van der Waals surface area contributed by atoms with E-state index in [0.29, 0.717) is 12.8 Å². The quantitative estimate of drug-likeness (QED) is 0.635. The van der Waals surface area contributed by atoms with Crippen molar-refractivity contribution < 1.29 is 19.4 Å². The Kier molecular flexibility index (Phi) is 8.61. The maximum atomic E-state index is 12.3. The minimum absolute atomic E-state index is 0. The van der Waals surface area contributed by atoms with Gasteiger partial charge < -0.3 is 20.9 Å². The Morgan fingerprint density at radius 3 is 2.19 bits per heavy atom. The van der Waals surface area contributed by atoms with Gasteiger partial charge in [0.2, 0.25) is 5.91 Å². The van der Waals surface area contributed by atoms with Crippen molar-refractivity contribution in [2.45, 2.75) is 24.9 Å². The monoisotopic (exact) mass is 378 g/mol. The zero-order valence-corrected chi connectivity index (χ0v) is 15.2. The van der Waals surface area contributed by atoms with Crippen LogP contribution in [0.5, 0.6) is 5.75 Å². The summed E-state index contributed by atoms with van der Waals surface area (Å²) in [5.74, 6) is -0.802. The second-order valence-corrected chi connectivity index (χ2v) is 5.75. The predicted octanol–water partition coefficient (Wildman–Crippen LogP) is 1.58. The number of halogens is 1. The van der Waals surface area contributed by atoms with Gasteiger partial charge in [-0.05, 0) is 29.7 Å². The van der Waals surface area contributed by atoms with Gasteiger partial charge >= 0.3 is 5.97 Å². The smallest absolute Gasteiger partial charge is 0.328 e. The fraction of sp³-hybridized carbons (Fsp3) is 0.263.